The fourth-order valence-electron chi connectivity index (χ4n) is 4.32. The van der Waals surface area contributed by atoms with Crippen LogP contribution in [-0.4, -0.2) is 11.8 Å². The molecule has 0 aromatic heterocycles. The Kier molecular flexibility index (Phi) is 12.1. The quantitative estimate of drug-likeness (QED) is 0.516. The Morgan fingerprint density at radius 1 is 0.967 bits per heavy atom. The number of benzene rings is 1. The average Bonchev–Trinajstić information content (AvgIpc) is 2.81. The molecule has 0 fully saturated rings. The first-order chi connectivity index (χ1) is 13.0. The van der Waals surface area contributed by atoms with Crippen LogP contribution in [0.4, 0.5) is 0 Å². The molecule has 0 spiro atoms. The Morgan fingerprint density at radius 3 is 1.77 bits per heavy atom. The third-order valence-electron chi connectivity index (χ3n) is 6.36. The number of allylic oxidation sites excluding steroid dienone is 4. The summed E-state index contributed by atoms with van der Waals surface area (Å²) in [4.78, 5) is 13.7. The maximum atomic E-state index is 13.7. The number of rotatable bonds is 6. The first-order valence-electron chi connectivity index (χ1n) is 10.7. The van der Waals surface area contributed by atoms with Crippen LogP contribution in [-0.2, 0) is 21.2 Å². The number of nitrogens with one attached hydrogen (secondary N) is 1. The van der Waals surface area contributed by atoms with Gasteiger partial charge in [0.1, 0.15) is 0 Å². The van der Waals surface area contributed by atoms with Gasteiger partial charge in [-0.3, -0.25) is 0 Å². The van der Waals surface area contributed by atoms with Gasteiger partial charge in [0.15, 0.2) is 0 Å². The van der Waals surface area contributed by atoms with E-state index in [1.165, 1.54) is 27.8 Å². The smallest absolute Gasteiger partial charge is 1.00 e. The minimum atomic E-state index is -2.21. The Labute approximate surface area is 205 Å². The van der Waals surface area contributed by atoms with E-state index in [1.807, 2.05) is 0 Å². The maximum Gasteiger partial charge on any atom is -1.00 e. The zero-order chi connectivity index (χ0) is 21.3. The van der Waals surface area contributed by atoms with Crippen molar-refractivity contribution >= 4 is 11.8 Å². The van der Waals surface area contributed by atoms with Crippen molar-refractivity contribution in [2.45, 2.75) is 80.3 Å². The number of hydrogen-bond acceptors (Lipinski definition) is 1. The molecule has 30 heavy (non-hydrogen) atoms. The summed E-state index contributed by atoms with van der Waals surface area (Å²) < 4.78 is 5.34. The SMILES string of the molecule is CC1=C(C)C(C)[C]([Zr+2]([NH]C(=O)c2c(C(C)C)cccc2C(C)C)[SiH](C)C)=C1C.[Cl-].[Cl-]. The summed E-state index contributed by atoms with van der Waals surface area (Å²) in [5.41, 5.74) is 7.75. The summed E-state index contributed by atoms with van der Waals surface area (Å²) in [7, 11) is 0. The molecule has 2 rings (SSSR count). The molecule has 0 aliphatic heterocycles. The first-order valence-corrected chi connectivity index (χ1v) is 20.3. The van der Waals surface area contributed by atoms with E-state index in [4.69, 9.17) is 0 Å². The fraction of sp³-hybridized carbons (Fsp3) is 0.542. The van der Waals surface area contributed by atoms with Gasteiger partial charge in [-0.2, -0.15) is 0 Å². The molecule has 6 heteroatoms. The van der Waals surface area contributed by atoms with Crippen LogP contribution in [0.1, 0.15) is 88.7 Å². The van der Waals surface area contributed by atoms with Crippen molar-refractivity contribution in [1.82, 2.24) is 3.26 Å². The van der Waals surface area contributed by atoms with Crippen molar-refractivity contribution in [2.75, 3.05) is 0 Å². The minimum absolute atomic E-state index is 0. The zero-order valence-electron chi connectivity index (χ0n) is 20.2. The van der Waals surface area contributed by atoms with Gasteiger partial charge in [0.05, 0.1) is 0 Å². The molecule has 0 saturated heterocycles. The van der Waals surface area contributed by atoms with Gasteiger partial charge in [0.2, 0.25) is 0 Å². The molecule has 1 aliphatic rings. The summed E-state index contributed by atoms with van der Waals surface area (Å²) >= 11 is -2.21. The van der Waals surface area contributed by atoms with Crippen LogP contribution in [0.2, 0.25) is 13.1 Å². The van der Waals surface area contributed by atoms with E-state index < -0.39 is 27.1 Å². The van der Waals surface area contributed by atoms with Crippen LogP contribution in [0.15, 0.2) is 38.2 Å². The molecule has 2 nitrogen and oxygen atoms in total. The molecular formula is C24H38Cl2NOSiZr. The van der Waals surface area contributed by atoms with Crippen LogP contribution < -0.4 is 28.1 Å². The van der Waals surface area contributed by atoms with Crippen molar-refractivity contribution in [3.63, 3.8) is 0 Å². The number of carbonyl (C=O) groups is 1. The largest absolute Gasteiger partial charge is 1.00 e. The van der Waals surface area contributed by atoms with Gasteiger partial charge < -0.3 is 24.8 Å². The topological polar surface area (TPSA) is 29.1 Å². The van der Waals surface area contributed by atoms with Crippen LogP contribution in [0.3, 0.4) is 0 Å². The third kappa shape index (κ3) is 6.00. The number of hydrogen-bond donors (Lipinski definition) is 1. The van der Waals surface area contributed by atoms with E-state index in [0.29, 0.717) is 17.8 Å². The molecule has 0 radical (unpaired) electrons. The molecule has 1 amide bonds. The van der Waals surface area contributed by atoms with E-state index in [9.17, 15) is 4.79 Å². The third-order valence-corrected chi connectivity index (χ3v) is 23.4. The molecule has 1 aromatic rings. The predicted octanol–water partition coefficient (Wildman–Crippen LogP) is 0.448. The monoisotopic (exact) mass is 544 g/mol. The molecule has 0 bridgehead atoms. The first kappa shape index (κ1) is 29.9. The van der Waals surface area contributed by atoms with E-state index >= 15 is 0 Å². The number of amides is 1. The molecule has 0 saturated carbocycles. The normalized spacial score (nSPS) is 16.2. The second-order valence-electron chi connectivity index (χ2n) is 9.21. The molecule has 1 atom stereocenters. The standard InChI is InChI=1S/C13H19NO.C9H13.C2H7Si.2ClH.Zr/c1-8(2)10-6-5-7-11(9(3)4)12(10)13(14)15;1-6-5-7(2)9(4)8(6)3;1-3-2;;;/h5-9H,1-4H3,(H2,14,15);6H,1-4H3;3H,1-2H3;2*1H;/q;;;;;+3/p-3. The summed E-state index contributed by atoms with van der Waals surface area (Å²) in [5.74, 6) is 0.447. The van der Waals surface area contributed by atoms with Crippen LogP contribution >= 0.6 is 0 Å². The molecule has 1 N–H and O–H groups in total. The van der Waals surface area contributed by atoms with Gasteiger partial charge in [-0.05, 0) is 0 Å². The van der Waals surface area contributed by atoms with Crippen molar-refractivity contribution in [3.05, 3.63) is 54.9 Å². The van der Waals surface area contributed by atoms with E-state index in [0.717, 1.165) is 5.56 Å². The Bertz CT molecular complexity index is 804. The number of halogens is 2. The van der Waals surface area contributed by atoms with E-state index in [1.54, 1.807) is 3.28 Å². The molecule has 1 aromatic carbocycles. The van der Waals surface area contributed by atoms with Gasteiger partial charge in [-0.25, -0.2) is 0 Å². The van der Waals surface area contributed by atoms with Crippen LogP contribution in [0.25, 0.3) is 0 Å². The minimum Gasteiger partial charge on any atom is -1.00 e. The summed E-state index contributed by atoms with van der Waals surface area (Å²) in [5, 5.41) is 0. The summed E-state index contributed by atoms with van der Waals surface area (Å²) in [6, 6.07) is 6.39. The zero-order valence-corrected chi connectivity index (χ0v) is 25.3. The second-order valence-corrected chi connectivity index (χ2v) is 27.4. The van der Waals surface area contributed by atoms with Gasteiger partial charge in [-0.1, -0.05) is 0 Å². The molecule has 167 valence electrons. The van der Waals surface area contributed by atoms with Gasteiger partial charge in [0.25, 0.3) is 0 Å². The molecule has 0 heterocycles. The Morgan fingerprint density at radius 2 is 1.43 bits per heavy atom. The van der Waals surface area contributed by atoms with E-state index in [2.05, 4.69) is 89.9 Å². The Hall–Kier alpha value is -0.150. The molecular weight excluding hydrogens is 508 g/mol. The van der Waals surface area contributed by atoms with Gasteiger partial charge in [-0.15, -0.1) is 0 Å². The fourth-order valence-corrected chi connectivity index (χ4v) is 19.9. The Balaban J connectivity index is 0.00000420. The number of carbonyl (C=O) groups excluding carboxylic acids is 1. The van der Waals surface area contributed by atoms with E-state index in [-0.39, 0.29) is 30.7 Å². The maximum absolute atomic E-state index is 13.7. The van der Waals surface area contributed by atoms with Crippen molar-refractivity contribution in [3.8, 4) is 0 Å². The summed E-state index contributed by atoms with van der Waals surface area (Å²) in [6.07, 6.45) is 0. The van der Waals surface area contributed by atoms with Gasteiger partial charge >= 0.3 is 182 Å². The van der Waals surface area contributed by atoms with Gasteiger partial charge in [0, 0.05) is 0 Å². The van der Waals surface area contributed by atoms with Crippen molar-refractivity contribution < 1.29 is 50.8 Å². The van der Waals surface area contributed by atoms with Crippen LogP contribution in [0, 0.1) is 5.92 Å². The van der Waals surface area contributed by atoms with Crippen LogP contribution in [0.5, 0.6) is 0 Å². The molecule has 1 aliphatic carbocycles. The average molecular weight is 547 g/mol. The predicted molar refractivity (Wildman–Crippen MR) is 121 cm³/mol. The second kappa shape index (κ2) is 12.2. The molecule has 1 unspecified atom stereocenters. The van der Waals surface area contributed by atoms with Crippen molar-refractivity contribution in [2.24, 2.45) is 5.92 Å². The van der Waals surface area contributed by atoms with Crippen molar-refractivity contribution in [1.29, 1.82) is 0 Å². The summed E-state index contributed by atoms with van der Waals surface area (Å²) in [6.45, 7) is 22.8.